The van der Waals surface area contributed by atoms with Crippen molar-refractivity contribution < 1.29 is 20.1 Å². The molecular formula is C16H18N6O4. The van der Waals surface area contributed by atoms with Crippen LogP contribution in [0.3, 0.4) is 0 Å². The summed E-state index contributed by atoms with van der Waals surface area (Å²) >= 11 is 0. The van der Waals surface area contributed by atoms with Crippen LogP contribution in [0, 0.1) is 0 Å². The van der Waals surface area contributed by atoms with E-state index in [0.717, 1.165) is 5.69 Å². The molecular weight excluding hydrogens is 340 g/mol. The van der Waals surface area contributed by atoms with E-state index in [1.807, 2.05) is 18.2 Å². The predicted molar refractivity (Wildman–Crippen MR) is 89.9 cm³/mol. The second-order valence-corrected chi connectivity index (χ2v) is 5.95. The third-order valence-electron chi connectivity index (χ3n) is 4.31. The van der Waals surface area contributed by atoms with Crippen molar-refractivity contribution in [3.05, 3.63) is 42.7 Å². The molecule has 0 aromatic carbocycles. The minimum atomic E-state index is -1.20. The number of hydrogen-bond donors (Lipinski definition) is 4. The third-order valence-corrected chi connectivity index (χ3v) is 4.31. The molecule has 10 nitrogen and oxygen atoms in total. The first kappa shape index (κ1) is 16.8. The molecule has 0 spiro atoms. The van der Waals surface area contributed by atoms with E-state index in [1.54, 1.807) is 6.20 Å². The maximum atomic E-state index is 10.2. The highest BCUT2D eigenvalue weighted by Crippen LogP contribution is 2.32. The van der Waals surface area contributed by atoms with E-state index >= 15 is 0 Å². The quantitative estimate of drug-likeness (QED) is 0.473. The lowest BCUT2D eigenvalue weighted by Gasteiger charge is -2.16. The lowest BCUT2D eigenvalue weighted by atomic mass is 10.1. The summed E-state index contributed by atoms with van der Waals surface area (Å²) in [6, 6.07) is 5.63. The van der Waals surface area contributed by atoms with Gasteiger partial charge in [0.1, 0.15) is 24.6 Å². The molecule has 1 fully saturated rings. The van der Waals surface area contributed by atoms with E-state index in [4.69, 9.17) is 4.74 Å². The number of pyridine rings is 1. The van der Waals surface area contributed by atoms with Crippen LogP contribution in [0.15, 0.2) is 37.1 Å². The van der Waals surface area contributed by atoms with E-state index in [9.17, 15) is 15.3 Å². The largest absolute Gasteiger partial charge is 0.394 e. The van der Waals surface area contributed by atoms with Crippen LogP contribution in [0.2, 0.25) is 0 Å². The molecule has 3 aromatic rings. The van der Waals surface area contributed by atoms with Gasteiger partial charge in [0.25, 0.3) is 0 Å². The first-order chi connectivity index (χ1) is 12.7. The predicted octanol–water partition coefficient (Wildman–Crippen LogP) is -0.555. The van der Waals surface area contributed by atoms with Gasteiger partial charge in [0, 0.05) is 6.20 Å². The van der Waals surface area contributed by atoms with Crippen LogP contribution in [0.5, 0.6) is 0 Å². The Bertz CT molecular complexity index is 889. The highest BCUT2D eigenvalue weighted by atomic mass is 16.6. The van der Waals surface area contributed by atoms with Crippen molar-refractivity contribution in [3.63, 3.8) is 0 Å². The minimum Gasteiger partial charge on any atom is -0.394 e. The fourth-order valence-corrected chi connectivity index (χ4v) is 2.95. The minimum absolute atomic E-state index is 0.396. The number of aliphatic hydroxyl groups is 3. The number of nitrogens with one attached hydrogen (secondary N) is 1. The second kappa shape index (κ2) is 6.92. The van der Waals surface area contributed by atoms with Crippen molar-refractivity contribution in [3.8, 4) is 0 Å². The average molecular weight is 358 g/mol. The molecule has 0 radical (unpaired) electrons. The van der Waals surface area contributed by atoms with Crippen molar-refractivity contribution in [2.45, 2.75) is 31.1 Å². The Morgan fingerprint density at radius 1 is 1.12 bits per heavy atom. The average Bonchev–Trinajstić information content (AvgIpc) is 3.23. The van der Waals surface area contributed by atoms with Gasteiger partial charge in [0.05, 0.1) is 25.2 Å². The number of rotatable bonds is 5. The van der Waals surface area contributed by atoms with Crippen molar-refractivity contribution in [1.82, 2.24) is 24.5 Å². The highest BCUT2D eigenvalue weighted by Gasteiger charge is 2.44. The van der Waals surface area contributed by atoms with Gasteiger partial charge in [-0.25, -0.2) is 15.0 Å². The molecule has 0 aliphatic carbocycles. The van der Waals surface area contributed by atoms with E-state index in [2.05, 4.69) is 25.3 Å². The van der Waals surface area contributed by atoms with Crippen LogP contribution in [0.25, 0.3) is 11.2 Å². The van der Waals surface area contributed by atoms with Crippen molar-refractivity contribution >= 4 is 17.0 Å². The van der Waals surface area contributed by atoms with E-state index in [1.165, 1.54) is 17.2 Å². The van der Waals surface area contributed by atoms with Crippen LogP contribution in [-0.4, -0.2) is 64.7 Å². The van der Waals surface area contributed by atoms with Crippen LogP contribution in [-0.2, 0) is 11.3 Å². The molecule has 1 saturated heterocycles. The van der Waals surface area contributed by atoms with Crippen molar-refractivity contribution in [2.75, 3.05) is 11.9 Å². The monoisotopic (exact) mass is 358 g/mol. The second-order valence-electron chi connectivity index (χ2n) is 5.95. The molecule has 4 heterocycles. The molecule has 0 bridgehead atoms. The molecule has 0 unspecified atom stereocenters. The molecule has 26 heavy (non-hydrogen) atoms. The van der Waals surface area contributed by atoms with Gasteiger partial charge in [0.2, 0.25) is 0 Å². The molecule has 10 heteroatoms. The van der Waals surface area contributed by atoms with Crippen LogP contribution >= 0.6 is 0 Å². The summed E-state index contributed by atoms with van der Waals surface area (Å²) in [7, 11) is 0. The Morgan fingerprint density at radius 3 is 2.73 bits per heavy atom. The summed E-state index contributed by atoms with van der Waals surface area (Å²) < 4.78 is 7.06. The van der Waals surface area contributed by atoms with Gasteiger partial charge in [-0.3, -0.25) is 9.55 Å². The van der Waals surface area contributed by atoms with Gasteiger partial charge in [0.15, 0.2) is 23.2 Å². The Morgan fingerprint density at radius 2 is 2.00 bits per heavy atom. The molecule has 4 N–H and O–H groups in total. The fourth-order valence-electron chi connectivity index (χ4n) is 2.95. The molecule has 4 rings (SSSR count). The summed E-state index contributed by atoms with van der Waals surface area (Å²) in [6.07, 6.45) is 0.397. The van der Waals surface area contributed by atoms with Gasteiger partial charge < -0.3 is 25.4 Å². The van der Waals surface area contributed by atoms with Crippen LogP contribution in [0.1, 0.15) is 11.9 Å². The molecule has 0 saturated carbocycles. The zero-order valence-electron chi connectivity index (χ0n) is 13.7. The number of imidazole rings is 1. The van der Waals surface area contributed by atoms with Crippen molar-refractivity contribution in [1.29, 1.82) is 0 Å². The van der Waals surface area contributed by atoms with Gasteiger partial charge in [-0.1, -0.05) is 6.07 Å². The zero-order chi connectivity index (χ0) is 18.1. The Labute approximate surface area is 148 Å². The fraction of sp³-hybridized carbons (Fsp3) is 0.375. The normalized spacial score (nSPS) is 25.7. The summed E-state index contributed by atoms with van der Waals surface area (Å²) in [6.45, 7) is 0.0703. The zero-order valence-corrected chi connectivity index (χ0v) is 13.7. The molecule has 1 aliphatic rings. The molecule has 4 atom stereocenters. The molecule has 0 amide bonds. The van der Waals surface area contributed by atoms with E-state index in [0.29, 0.717) is 23.5 Å². The van der Waals surface area contributed by atoms with Gasteiger partial charge in [-0.05, 0) is 12.1 Å². The topological polar surface area (TPSA) is 138 Å². The SMILES string of the molecule is OC[C@H]1O[C@@H](n2cnc3c(NCc4ccccn4)ncnc32)[C@H](O)[C@@H]1O. The number of aromatic nitrogens is 5. The Kier molecular flexibility index (Phi) is 4.47. The number of anilines is 1. The first-order valence-corrected chi connectivity index (χ1v) is 8.13. The Hall–Kier alpha value is -2.66. The van der Waals surface area contributed by atoms with Gasteiger partial charge in [-0.2, -0.15) is 0 Å². The lowest BCUT2D eigenvalue weighted by molar-refractivity contribution is -0.0511. The number of nitrogens with zero attached hydrogens (tertiary/aromatic N) is 5. The highest BCUT2D eigenvalue weighted by molar-refractivity contribution is 5.82. The van der Waals surface area contributed by atoms with Crippen LogP contribution in [0.4, 0.5) is 5.82 Å². The number of ether oxygens (including phenoxy) is 1. The van der Waals surface area contributed by atoms with Gasteiger partial charge in [-0.15, -0.1) is 0 Å². The number of fused-ring (bicyclic) bond motifs is 1. The maximum absolute atomic E-state index is 10.2. The summed E-state index contributed by atoms with van der Waals surface area (Å²) in [5.74, 6) is 0.520. The lowest BCUT2D eigenvalue weighted by Crippen LogP contribution is -2.33. The Balaban J connectivity index is 1.61. The summed E-state index contributed by atoms with van der Waals surface area (Å²) in [4.78, 5) is 17.0. The summed E-state index contributed by atoms with van der Waals surface area (Å²) in [5, 5.41) is 32.6. The standard InChI is InChI=1S/C16H18N6O4/c23-6-10-12(24)13(25)16(26-10)22-8-21-11-14(19-7-20-15(11)22)18-5-9-3-1-2-4-17-9/h1-4,7-8,10,12-13,16,23-25H,5-6H2,(H,18,19,20)/t10-,12-,13-,16-/m1/s1. The maximum Gasteiger partial charge on any atom is 0.167 e. The van der Waals surface area contributed by atoms with E-state index < -0.39 is 31.1 Å². The number of hydrogen-bond acceptors (Lipinski definition) is 9. The third kappa shape index (κ3) is 2.88. The molecule has 136 valence electrons. The first-order valence-electron chi connectivity index (χ1n) is 8.13. The van der Waals surface area contributed by atoms with Gasteiger partial charge >= 0.3 is 0 Å². The van der Waals surface area contributed by atoms with E-state index in [-0.39, 0.29) is 0 Å². The molecule has 3 aromatic heterocycles. The molecule has 1 aliphatic heterocycles. The van der Waals surface area contributed by atoms with Crippen LogP contribution < -0.4 is 5.32 Å². The van der Waals surface area contributed by atoms with Crippen molar-refractivity contribution in [2.24, 2.45) is 0 Å². The smallest absolute Gasteiger partial charge is 0.167 e. The number of aliphatic hydroxyl groups excluding tert-OH is 3. The summed E-state index contributed by atoms with van der Waals surface area (Å²) in [5.41, 5.74) is 1.79.